The smallest absolute Gasteiger partial charge is 0.239 e. The maximum absolute atomic E-state index is 12.5. The number of allylic oxidation sites excluding steroid dienone is 2. The van der Waals surface area contributed by atoms with E-state index in [0.29, 0.717) is 10.8 Å². The highest BCUT2D eigenvalue weighted by Crippen LogP contribution is 2.53. The van der Waals surface area contributed by atoms with E-state index < -0.39 is 0 Å². The van der Waals surface area contributed by atoms with Gasteiger partial charge in [0.25, 0.3) is 0 Å². The summed E-state index contributed by atoms with van der Waals surface area (Å²) in [5.74, 6) is 0.150. The lowest BCUT2D eigenvalue weighted by Crippen LogP contribution is -2.33. The monoisotopic (exact) mass is 274 g/mol. The molecule has 0 N–H and O–H groups in total. The third-order valence-corrected chi connectivity index (χ3v) is 4.64. The molecular formula is C14H11ClN2O2. The van der Waals surface area contributed by atoms with Crippen LogP contribution in [-0.4, -0.2) is 16.8 Å². The lowest BCUT2D eigenvalue weighted by atomic mass is 9.85. The second-order valence-electron chi connectivity index (χ2n) is 5.34. The number of hydrogen-bond acceptors (Lipinski definition) is 3. The van der Waals surface area contributed by atoms with E-state index in [4.69, 9.17) is 11.6 Å². The number of imide groups is 1. The molecule has 1 aliphatic heterocycles. The first-order valence-corrected chi connectivity index (χ1v) is 6.72. The molecule has 4 rings (SSSR count). The molecule has 2 aliphatic carbocycles. The molecule has 2 heterocycles. The molecule has 0 spiro atoms. The molecule has 1 saturated carbocycles. The van der Waals surface area contributed by atoms with Gasteiger partial charge in [-0.3, -0.25) is 9.59 Å². The van der Waals surface area contributed by atoms with Crippen LogP contribution in [0.4, 0.5) is 5.82 Å². The fourth-order valence-electron chi connectivity index (χ4n) is 3.64. The van der Waals surface area contributed by atoms with Gasteiger partial charge < -0.3 is 0 Å². The van der Waals surface area contributed by atoms with E-state index in [0.717, 1.165) is 6.42 Å². The van der Waals surface area contributed by atoms with Crippen molar-refractivity contribution >= 4 is 29.2 Å². The summed E-state index contributed by atoms with van der Waals surface area (Å²) in [6.45, 7) is 0. The van der Waals surface area contributed by atoms with Crippen LogP contribution in [0.25, 0.3) is 0 Å². The number of pyridine rings is 1. The first-order chi connectivity index (χ1) is 9.16. The zero-order valence-electron chi connectivity index (χ0n) is 9.99. The Hall–Kier alpha value is -1.68. The number of rotatable bonds is 1. The van der Waals surface area contributed by atoms with Crippen molar-refractivity contribution in [1.29, 1.82) is 0 Å². The number of anilines is 1. The van der Waals surface area contributed by atoms with Crippen molar-refractivity contribution in [2.45, 2.75) is 6.42 Å². The maximum atomic E-state index is 12.5. The predicted octanol–water partition coefficient (Wildman–Crippen LogP) is 2.05. The summed E-state index contributed by atoms with van der Waals surface area (Å²) in [6.07, 6.45) is 6.60. The molecule has 19 heavy (non-hydrogen) atoms. The van der Waals surface area contributed by atoms with Crippen molar-refractivity contribution in [2.75, 3.05) is 4.90 Å². The van der Waals surface area contributed by atoms with E-state index in [-0.39, 0.29) is 35.5 Å². The molecule has 0 unspecified atom stereocenters. The number of amides is 2. The molecule has 1 aromatic heterocycles. The van der Waals surface area contributed by atoms with Gasteiger partial charge in [-0.1, -0.05) is 23.8 Å². The molecule has 2 fully saturated rings. The van der Waals surface area contributed by atoms with Crippen LogP contribution in [0, 0.1) is 23.7 Å². The zero-order chi connectivity index (χ0) is 13.1. The molecule has 1 aromatic rings. The van der Waals surface area contributed by atoms with Gasteiger partial charge in [-0.05, 0) is 24.3 Å². The number of fused-ring (bicyclic) bond motifs is 5. The summed E-state index contributed by atoms with van der Waals surface area (Å²) in [5.41, 5.74) is 0. The van der Waals surface area contributed by atoms with Gasteiger partial charge in [0.05, 0.1) is 11.8 Å². The highest BCUT2D eigenvalue weighted by atomic mass is 35.5. The van der Waals surface area contributed by atoms with Crippen LogP contribution in [0.3, 0.4) is 0 Å². The average molecular weight is 275 g/mol. The summed E-state index contributed by atoms with van der Waals surface area (Å²) >= 11 is 5.91. The predicted molar refractivity (Wildman–Crippen MR) is 69.5 cm³/mol. The summed E-state index contributed by atoms with van der Waals surface area (Å²) in [6, 6.07) is 3.19. The molecule has 4 atom stereocenters. The lowest BCUT2D eigenvalue weighted by Gasteiger charge is -2.16. The van der Waals surface area contributed by atoms with Crippen LogP contribution >= 0.6 is 11.6 Å². The molecule has 0 aromatic carbocycles. The van der Waals surface area contributed by atoms with Crippen molar-refractivity contribution in [2.24, 2.45) is 23.7 Å². The lowest BCUT2D eigenvalue weighted by molar-refractivity contribution is -0.123. The summed E-state index contributed by atoms with van der Waals surface area (Å²) in [4.78, 5) is 30.3. The van der Waals surface area contributed by atoms with E-state index in [2.05, 4.69) is 17.1 Å². The van der Waals surface area contributed by atoms with Crippen LogP contribution < -0.4 is 4.90 Å². The van der Waals surface area contributed by atoms with Crippen molar-refractivity contribution in [3.05, 3.63) is 35.5 Å². The topological polar surface area (TPSA) is 50.3 Å². The first kappa shape index (κ1) is 11.2. The van der Waals surface area contributed by atoms with Crippen LogP contribution in [0.2, 0.25) is 5.02 Å². The Morgan fingerprint density at radius 3 is 2.37 bits per heavy atom. The molecule has 4 nitrogen and oxygen atoms in total. The minimum absolute atomic E-state index is 0.124. The van der Waals surface area contributed by atoms with Gasteiger partial charge in [-0.25, -0.2) is 9.88 Å². The number of carbonyl (C=O) groups is 2. The van der Waals surface area contributed by atoms with Gasteiger partial charge in [0.15, 0.2) is 0 Å². The number of hydrogen-bond donors (Lipinski definition) is 0. The van der Waals surface area contributed by atoms with E-state index >= 15 is 0 Å². The van der Waals surface area contributed by atoms with Gasteiger partial charge in [0.1, 0.15) is 5.82 Å². The van der Waals surface area contributed by atoms with E-state index in [9.17, 15) is 9.59 Å². The highest BCUT2D eigenvalue weighted by molar-refractivity contribution is 6.31. The second-order valence-corrected chi connectivity index (χ2v) is 5.78. The van der Waals surface area contributed by atoms with Crippen molar-refractivity contribution in [3.8, 4) is 0 Å². The Morgan fingerprint density at radius 2 is 1.79 bits per heavy atom. The fraction of sp³-hybridized carbons (Fsp3) is 0.357. The van der Waals surface area contributed by atoms with Gasteiger partial charge in [-0.15, -0.1) is 0 Å². The van der Waals surface area contributed by atoms with Gasteiger partial charge >= 0.3 is 0 Å². The van der Waals surface area contributed by atoms with Crippen LogP contribution in [-0.2, 0) is 9.59 Å². The number of carbonyl (C=O) groups excluding carboxylic acids is 2. The molecule has 0 radical (unpaired) electrons. The van der Waals surface area contributed by atoms with Gasteiger partial charge in [0, 0.05) is 17.3 Å². The molecule has 5 heteroatoms. The average Bonchev–Trinajstić information content (AvgIpc) is 3.04. The van der Waals surface area contributed by atoms with Crippen molar-refractivity contribution in [1.82, 2.24) is 4.98 Å². The van der Waals surface area contributed by atoms with Gasteiger partial charge in [0.2, 0.25) is 11.8 Å². The largest absolute Gasteiger partial charge is 0.274 e. The standard InChI is InChI=1S/C14H11ClN2O2/c15-9-3-4-16-10(6-9)17-13(18)11-7-1-2-8(5-7)12(11)14(17)19/h1-4,6-8,11-12H,5H2/t7-,8-,11-,12-/m0/s1. The Labute approximate surface area is 115 Å². The fourth-order valence-corrected chi connectivity index (χ4v) is 3.80. The maximum Gasteiger partial charge on any atom is 0.239 e. The minimum atomic E-state index is -0.191. The third-order valence-electron chi connectivity index (χ3n) is 4.41. The molecular weight excluding hydrogens is 264 g/mol. The Bertz CT molecular complexity index is 598. The summed E-state index contributed by atoms with van der Waals surface area (Å²) < 4.78 is 0. The highest BCUT2D eigenvalue weighted by Gasteiger charge is 2.59. The molecule has 2 amide bonds. The van der Waals surface area contributed by atoms with Crippen molar-refractivity contribution < 1.29 is 9.59 Å². The number of aromatic nitrogens is 1. The minimum Gasteiger partial charge on any atom is -0.274 e. The van der Waals surface area contributed by atoms with E-state index in [1.54, 1.807) is 12.1 Å². The third kappa shape index (κ3) is 1.38. The van der Waals surface area contributed by atoms with E-state index in [1.165, 1.54) is 11.1 Å². The molecule has 96 valence electrons. The normalized spacial score (nSPS) is 35.3. The van der Waals surface area contributed by atoms with Gasteiger partial charge in [-0.2, -0.15) is 0 Å². The molecule has 1 saturated heterocycles. The SMILES string of the molecule is O=C1[C@@H]2[C@@H](C(=O)N1c1cc(Cl)ccn1)[C@H]1C=C[C@H]2C1. The molecule has 2 bridgehead atoms. The molecule has 3 aliphatic rings. The Morgan fingerprint density at radius 1 is 1.16 bits per heavy atom. The summed E-state index contributed by atoms with van der Waals surface area (Å²) in [7, 11) is 0. The quantitative estimate of drug-likeness (QED) is 0.582. The van der Waals surface area contributed by atoms with Crippen LogP contribution in [0.5, 0.6) is 0 Å². The van der Waals surface area contributed by atoms with Crippen molar-refractivity contribution in [3.63, 3.8) is 0 Å². The first-order valence-electron chi connectivity index (χ1n) is 6.34. The number of halogens is 1. The van der Waals surface area contributed by atoms with Crippen LogP contribution in [0.15, 0.2) is 30.5 Å². The number of nitrogens with zero attached hydrogens (tertiary/aromatic N) is 2. The summed E-state index contributed by atoms with van der Waals surface area (Å²) in [5, 5.41) is 0.476. The second kappa shape index (κ2) is 3.67. The Balaban J connectivity index is 1.77. The Kier molecular flexibility index (Phi) is 2.16. The van der Waals surface area contributed by atoms with E-state index in [1.807, 2.05) is 0 Å². The zero-order valence-corrected chi connectivity index (χ0v) is 10.7. The van der Waals surface area contributed by atoms with Crippen LogP contribution in [0.1, 0.15) is 6.42 Å².